The standard InChI is InChI=1S/C28H37N7/c1-17(2)22-12-13-30-23(14-22)28-34-27-25(35(28)16-20-10-8-18(3)9-11-20)26(32-24(15-29)33-27)31-19(4)21-6-5-7-21/h12-14,17-21H,5-11,16H2,1-4H3,(H,31,32,33)/t18?,19-,20?/m1/s1. The number of hydrogen-bond donors (Lipinski definition) is 1. The van der Waals surface area contributed by atoms with E-state index in [1.165, 1.54) is 50.5 Å². The van der Waals surface area contributed by atoms with E-state index in [4.69, 9.17) is 9.97 Å². The predicted molar refractivity (Wildman–Crippen MR) is 139 cm³/mol. The molecule has 2 aliphatic carbocycles. The highest BCUT2D eigenvalue weighted by atomic mass is 15.2. The van der Waals surface area contributed by atoms with Crippen LogP contribution in [0.5, 0.6) is 0 Å². The number of pyridine rings is 1. The van der Waals surface area contributed by atoms with Crippen LogP contribution in [-0.4, -0.2) is 30.5 Å². The maximum absolute atomic E-state index is 9.65. The summed E-state index contributed by atoms with van der Waals surface area (Å²) >= 11 is 0. The van der Waals surface area contributed by atoms with E-state index in [1.807, 2.05) is 6.20 Å². The fourth-order valence-electron chi connectivity index (χ4n) is 5.53. The molecule has 0 radical (unpaired) electrons. The van der Waals surface area contributed by atoms with Gasteiger partial charge in [0.15, 0.2) is 17.3 Å². The topological polar surface area (TPSA) is 92.3 Å². The quantitative estimate of drug-likeness (QED) is 0.434. The van der Waals surface area contributed by atoms with Crippen molar-refractivity contribution in [2.24, 2.45) is 17.8 Å². The van der Waals surface area contributed by atoms with E-state index in [9.17, 15) is 5.26 Å². The number of nitrogens with zero attached hydrogens (tertiary/aromatic N) is 6. The minimum absolute atomic E-state index is 0.160. The van der Waals surface area contributed by atoms with E-state index in [0.717, 1.165) is 35.3 Å². The Hall–Kier alpha value is -3.01. The number of rotatable bonds is 7. The van der Waals surface area contributed by atoms with Gasteiger partial charge in [-0.1, -0.05) is 40.0 Å². The van der Waals surface area contributed by atoms with Crippen LogP contribution in [0, 0.1) is 29.1 Å². The van der Waals surface area contributed by atoms with Crippen molar-refractivity contribution in [2.75, 3.05) is 5.32 Å². The molecule has 3 aromatic rings. The summed E-state index contributed by atoms with van der Waals surface area (Å²) in [5, 5.41) is 13.3. The Labute approximate surface area is 208 Å². The average Bonchev–Trinajstić information content (AvgIpc) is 3.17. The molecule has 3 aromatic heterocycles. The molecule has 2 aliphatic rings. The fourth-order valence-corrected chi connectivity index (χ4v) is 5.53. The summed E-state index contributed by atoms with van der Waals surface area (Å²) in [5.74, 6) is 4.15. The smallest absolute Gasteiger partial charge is 0.236 e. The van der Waals surface area contributed by atoms with Crippen LogP contribution in [0.3, 0.4) is 0 Å². The molecule has 1 N–H and O–H groups in total. The summed E-state index contributed by atoms with van der Waals surface area (Å²) in [5.41, 5.74) is 3.58. The number of nitriles is 1. The van der Waals surface area contributed by atoms with Gasteiger partial charge in [0, 0.05) is 18.8 Å². The van der Waals surface area contributed by atoms with Gasteiger partial charge in [-0.05, 0) is 74.0 Å². The zero-order chi connectivity index (χ0) is 24.5. The largest absolute Gasteiger partial charge is 0.365 e. The van der Waals surface area contributed by atoms with Gasteiger partial charge in [-0.2, -0.15) is 15.2 Å². The van der Waals surface area contributed by atoms with Crippen LogP contribution in [0.15, 0.2) is 18.3 Å². The van der Waals surface area contributed by atoms with Gasteiger partial charge in [0.25, 0.3) is 0 Å². The van der Waals surface area contributed by atoms with Gasteiger partial charge in [-0.15, -0.1) is 0 Å². The predicted octanol–water partition coefficient (Wildman–Crippen LogP) is 6.31. The molecule has 35 heavy (non-hydrogen) atoms. The first kappa shape index (κ1) is 23.7. The molecule has 7 heteroatoms. The maximum atomic E-state index is 9.65. The number of fused-ring (bicyclic) bond motifs is 1. The van der Waals surface area contributed by atoms with E-state index >= 15 is 0 Å². The van der Waals surface area contributed by atoms with Gasteiger partial charge in [-0.3, -0.25) is 4.98 Å². The molecule has 5 rings (SSSR count). The van der Waals surface area contributed by atoms with E-state index in [-0.39, 0.29) is 11.9 Å². The van der Waals surface area contributed by atoms with Gasteiger partial charge in [0.1, 0.15) is 17.3 Å². The molecule has 0 unspecified atom stereocenters. The highest BCUT2D eigenvalue weighted by molar-refractivity contribution is 5.87. The number of imidazole rings is 1. The second kappa shape index (κ2) is 9.93. The molecule has 184 valence electrons. The molecular weight excluding hydrogens is 434 g/mol. The third kappa shape index (κ3) is 4.89. The van der Waals surface area contributed by atoms with E-state index in [0.29, 0.717) is 23.4 Å². The van der Waals surface area contributed by atoms with Gasteiger partial charge in [-0.25, -0.2) is 4.98 Å². The number of aromatic nitrogens is 5. The van der Waals surface area contributed by atoms with Crippen LogP contribution in [0.25, 0.3) is 22.7 Å². The lowest BCUT2D eigenvalue weighted by Crippen LogP contribution is -2.31. The number of anilines is 1. The van der Waals surface area contributed by atoms with Gasteiger partial charge < -0.3 is 9.88 Å². The molecule has 0 aromatic carbocycles. The molecule has 3 heterocycles. The third-order valence-corrected chi connectivity index (χ3v) is 8.18. The summed E-state index contributed by atoms with van der Waals surface area (Å²) in [4.78, 5) is 18.9. The lowest BCUT2D eigenvalue weighted by molar-refractivity contribution is 0.267. The summed E-state index contributed by atoms with van der Waals surface area (Å²) in [6.45, 7) is 9.84. The van der Waals surface area contributed by atoms with E-state index in [1.54, 1.807) is 0 Å². The van der Waals surface area contributed by atoms with Crippen LogP contribution in [0.2, 0.25) is 0 Å². The first-order valence-electron chi connectivity index (χ1n) is 13.3. The molecule has 2 fully saturated rings. The molecule has 0 amide bonds. The Kier molecular flexibility index (Phi) is 6.73. The zero-order valence-electron chi connectivity index (χ0n) is 21.5. The van der Waals surface area contributed by atoms with Gasteiger partial charge in [0.05, 0.1) is 0 Å². The highest BCUT2D eigenvalue weighted by Crippen LogP contribution is 2.36. The summed E-state index contributed by atoms with van der Waals surface area (Å²) in [6, 6.07) is 6.65. The summed E-state index contributed by atoms with van der Waals surface area (Å²) in [7, 11) is 0. The Balaban J connectivity index is 1.64. The minimum atomic E-state index is 0.160. The second-order valence-electron chi connectivity index (χ2n) is 11.1. The van der Waals surface area contributed by atoms with Crippen molar-refractivity contribution >= 4 is 17.0 Å². The van der Waals surface area contributed by atoms with Crippen molar-refractivity contribution < 1.29 is 0 Å². The highest BCUT2D eigenvalue weighted by Gasteiger charge is 2.28. The molecule has 7 nitrogen and oxygen atoms in total. The lowest BCUT2D eigenvalue weighted by atomic mass is 9.80. The van der Waals surface area contributed by atoms with Gasteiger partial charge >= 0.3 is 0 Å². The normalized spacial score (nSPS) is 21.6. The summed E-state index contributed by atoms with van der Waals surface area (Å²) in [6.07, 6.45) is 10.6. The van der Waals surface area contributed by atoms with Crippen molar-refractivity contribution in [1.29, 1.82) is 5.26 Å². The fraction of sp³-hybridized carbons (Fsp3) is 0.607. The Bertz CT molecular complexity index is 1230. The van der Waals surface area contributed by atoms with Gasteiger partial charge in [0.2, 0.25) is 5.82 Å². The molecule has 1 atom stereocenters. The van der Waals surface area contributed by atoms with E-state index in [2.05, 4.69) is 65.7 Å². The lowest BCUT2D eigenvalue weighted by Gasteiger charge is -2.32. The molecule has 2 saturated carbocycles. The van der Waals surface area contributed by atoms with Crippen molar-refractivity contribution in [2.45, 2.75) is 91.1 Å². The maximum Gasteiger partial charge on any atom is 0.236 e. The van der Waals surface area contributed by atoms with Crippen molar-refractivity contribution in [3.05, 3.63) is 29.7 Å². The Morgan fingerprint density at radius 1 is 1.09 bits per heavy atom. The first-order chi connectivity index (χ1) is 16.9. The average molecular weight is 472 g/mol. The molecule has 0 saturated heterocycles. The van der Waals surface area contributed by atoms with Crippen molar-refractivity contribution in [1.82, 2.24) is 24.5 Å². The molecule has 0 bridgehead atoms. The van der Waals surface area contributed by atoms with Crippen LogP contribution >= 0.6 is 0 Å². The monoisotopic (exact) mass is 471 g/mol. The number of hydrogen-bond acceptors (Lipinski definition) is 6. The molecule has 0 aliphatic heterocycles. The number of nitrogens with one attached hydrogen (secondary N) is 1. The van der Waals surface area contributed by atoms with Crippen LogP contribution in [-0.2, 0) is 6.54 Å². The van der Waals surface area contributed by atoms with Crippen LogP contribution < -0.4 is 5.32 Å². The molecule has 0 spiro atoms. The minimum Gasteiger partial charge on any atom is -0.365 e. The molecular formula is C28H37N7. The van der Waals surface area contributed by atoms with Crippen molar-refractivity contribution in [3.63, 3.8) is 0 Å². The Morgan fingerprint density at radius 2 is 1.86 bits per heavy atom. The SMILES string of the molecule is CC1CCC(Cn2c(-c3cc(C(C)C)ccn3)nc3nc(C#N)nc(N[C@H](C)C4CCC4)c32)CC1. The Morgan fingerprint density at radius 3 is 2.51 bits per heavy atom. The van der Waals surface area contributed by atoms with E-state index < -0.39 is 0 Å². The zero-order valence-corrected chi connectivity index (χ0v) is 21.5. The second-order valence-corrected chi connectivity index (χ2v) is 11.1. The third-order valence-electron chi connectivity index (χ3n) is 8.18. The van der Waals surface area contributed by atoms with Crippen LogP contribution in [0.4, 0.5) is 5.82 Å². The summed E-state index contributed by atoms with van der Waals surface area (Å²) < 4.78 is 2.29. The van der Waals surface area contributed by atoms with Crippen LogP contribution in [0.1, 0.15) is 89.9 Å². The first-order valence-corrected chi connectivity index (χ1v) is 13.3. The van der Waals surface area contributed by atoms with Crippen molar-refractivity contribution in [3.8, 4) is 17.6 Å².